The molecule has 2 N–H and O–H groups in total. The van der Waals surface area contributed by atoms with Crippen LogP contribution in [0, 0.1) is 0 Å². The number of benzene rings is 1. The maximum atomic E-state index is 12.1. The van der Waals surface area contributed by atoms with Gasteiger partial charge in [-0.15, -0.1) is 0 Å². The van der Waals surface area contributed by atoms with E-state index in [9.17, 15) is 9.59 Å². The highest BCUT2D eigenvalue weighted by atomic mass is 16.6. The van der Waals surface area contributed by atoms with Crippen LogP contribution in [0.2, 0.25) is 0 Å². The van der Waals surface area contributed by atoms with Crippen LogP contribution in [0.1, 0.15) is 41.5 Å². The largest absolute Gasteiger partial charge is 0.491 e. The average Bonchev–Trinajstić information content (AvgIpc) is 2.37. The van der Waals surface area contributed by atoms with Gasteiger partial charge in [0.1, 0.15) is 17.4 Å². The molecule has 0 radical (unpaired) electrons. The summed E-state index contributed by atoms with van der Waals surface area (Å²) in [5.74, 6) is 0.409. The van der Waals surface area contributed by atoms with Crippen molar-refractivity contribution in [3.8, 4) is 5.75 Å². The molecule has 0 aliphatic rings. The summed E-state index contributed by atoms with van der Waals surface area (Å²) in [6.45, 7) is 10.8. The van der Waals surface area contributed by atoms with Gasteiger partial charge in [0, 0.05) is 5.69 Å². The Bertz CT molecular complexity index is 533. The van der Waals surface area contributed by atoms with E-state index in [2.05, 4.69) is 10.6 Å². The summed E-state index contributed by atoms with van der Waals surface area (Å²) in [6.07, 6.45) is -0.533. The molecule has 0 fully saturated rings. The first-order chi connectivity index (χ1) is 10.6. The molecule has 0 aliphatic heterocycles. The van der Waals surface area contributed by atoms with Crippen molar-refractivity contribution in [1.82, 2.24) is 5.32 Å². The van der Waals surface area contributed by atoms with Crippen molar-refractivity contribution in [1.29, 1.82) is 0 Å². The summed E-state index contributed by atoms with van der Waals surface area (Å²) < 4.78 is 10.6. The van der Waals surface area contributed by atoms with Crippen LogP contribution in [-0.2, 0) is 9.53 Å². The number of carbonyl (C=O) groups excluding carboxylic acids is 2. The van der Waals surface area contributed by atoms with Crippen molar-refractivity contribution < 1.29 is 19.1 Å². The molecule has 1 atom stereocenters. The van der Waals surface area contributed by atoms with Gasteiger partial charge in [-0.05, 0) is 65.8 Å². The molecule has 2 amide bonds. The molecule has 0 saturated carbocycles. The Morgan fingerprint density at radius 2 is 1.61 bits per heavy atom. The standard InChI is InChI=1S/C17H26N2O4/c1-11(2)22-14-9-7-13(8-10-14)19-15(20)12(3)18-16(21)23-17(4,5)6/h7-12H,1-6H3,(H,18,21)(H,19,20). The lowest BCUT2D eigenvalue weighted by molar-refractivity contribution is -0.117. The lowest BCUT2D eigenvalue weighted by Gasteiger charge is -2.21. The fourth-order valence-electron chi connectivity index (χ4n) is 1.69. The molecule has 1 rings (SSSR count). The van der Waals surface area contributed by atoms with Crippen molar-refractivity contribution in [3.05, 3.63) is 24.3 Å². The monoisotopic (exact) mass is 322 g/mol. The summed E-state index contributed by atoms with van der Waals surface area (Å²) in [5, 5.41) is 5.22. The molecular formula is C17H26N2O4. The van der Waals surface area contributed by atoms with Gasteiger partial charge in [-0.25, -0.2) is 4.79 Å². The third-order valence-electron chi connectivity index (χ3n) is 2.62. The highest BCUT2D eigenvalue weighted by Gasteiger charge is 2.21. The maximum absolute atomic E-state index is 12.1. The molecule has 1 unspecified atom stereocenters. The van der Waals surface area contributed by atoms with E-state index in [-0.39, 0.29) is 12.0 Å². The second-order valence-corrected chi connectivity index (χ2v) is 6.55. The van der Waals surface area contributed by atoms with E-state index >= 15 is 0 Å². The Morgan fingerprint density at radius 1 is 1.04 bits per heavy atom. The smallest absolute Gasteiger partial charge is 0.408 e. The number of rotatable bonds is 5. The van der Waals surface area contributed by atoms with Crippen molar-refractivity contribution in [2.45, 2.75) is 59.3 Å². The maximum Gasteiger partial charge on any atom is 0.408 e. The fourth-order valence-corrected chi connectivity index (χ4v) is 1.69. The number of hydrogen-bond acceptors (Lipinski definition) is 4. The van der Waals surface area contributed by atoms with E-state index in [0.29, 0.717) is 5.69 Å². The Hall–Kier alpha value is -2.24. The van der Waals surface area contributed by atoms with Crippen LogP contribution in [0.5, 0.6) is 5.75 Å². The van der Waals surface area contributed by atoms with Crippen molar-refractivity contribution >= 4 is 17.7 Å². The van der Waals surface area contributed by atoms with Crippen LogP contribution < -0.4 is 15.4 Å². The SMILES string of the molecule is CC(C)Oc1ccc(NC(=O)C(C)NC(=O)OC(C)(C)C)cc1. The molecule has 6 nitrogen and oxygen atoms in total. The number of amides is 2. The van der Waals surface area contributed by atoms with Crippen LogP contribution in [0.15, 0.2) is 24.3 Å². The molecular weight excluding hydrogens is 296 g/mol. The lowest BCUT2D eigenvalue weighted by atomic mass is 10.2. The topological polar surface area (TPSA) is 76.7 Å². The molecule has 128 valence electrons. The summed E-state index contributed by atoms with van der Waals surface area (Å²) >= 11 is 0. The third kappa shape index (κ3) is 7.54. The van der Waals surface area contributed by atoms with E-state index in [1.165, 1.54) is 0 Å². The Balaban J connectivity index is 2.53. The van der Waals surface area contributed by atoms with Gasteiger partial charge >= 0.3 is 6.09 Å². The molecule has 0 aromatic heterocycles. The van der Waals surface area contributed by atoms with Crippen LogP contribution in [0.25, 0.3) is 0 Å². The second-order valence-electron chi connectivity index (χ2n) is 6.55. The molecule has 23 heavy (non-hydrogen) atoms. The zero-order chi connectivity index (χ0) is 17.6. The minimum Gasteiger partial charge on any atom is -0.491 e. The zero-order valence-corrected chi connectivity index (χ0v) is 14.6. The number of hydrogen-bond donors (Lipinski definition) is 2. The average molecular weight is 322 g/mol. The van der Waals surface area contributed by atoms with Gasteiger partial charge < -0.3 is 20.1 Å². The molecule has 1 aromatic carbocycles. The number of anilines is 1. The van der Waals surface area contributed by atoms with Gasteiger partial charge in [-0.3, -0.25) is 4.79 Å². The van der Waals surface area contributed by atoms with Crippen LogP contribution in [0.4, 0.5) is 10.5 Å². The van der Waals surface area contributed by atoms with Gasteiger partial charge in [-0.2, -0.15) is 0 Å². The Labute approximate surface area is 137 Å². The van der Waals surface area contributed by atoms with Crippen LogP contribution >= 0.6 is 0 Å². The van der Waals surface area contributed by atoms with E-state index in [1.54, 1.807) is 52.0 Å². The molecule has 6 heteroatoms. The van der Waals surface area contributed by atoms with E-state index in [4.69, 9.17) is 9.47 Å². The zero-order valence-electron chi connectivity index (χ0n) is 14.6. The highest BCUT2D eigenvalue weighted by Crippen LogP contribution is 2.17. The lowest BCUT2D eigenvalue weighted by Crippen LogP contribution is -2.43. The summed E-state index contributed by atoms with van der Waals surface area (Å²) in [6, 6.07) is 6.34. The first-order valence-corrected chi connectivity index (χ1v) is 7.64. The summed E-state index contributed by atoms with van der Waals surface area (Å²) in [4.78, 5) is 23.7. The van der Waals surface area contributed by atoms with Gasteiger partial charge in [0.15, 0.2) is 0 Å². The first-order valence-electron chi connectivity index (χ1n) is 7.64. The second kappa shape index (κ2) is 7.85. The predicted octanol–water partition coefficient (Wildman–Crippen LogP) is 3.33. The minimum absolute atomic E-state index is 0.0912. The van der Waals surface area contributed by atoms with Crippen molar-refractivity contribution in [3.63, 3.8) is 0 Å². The van der Waals surface area contributed by atoms with Crippen LogP contribution in [-0.4, -0.2) is 29.7 Å². The number of carbonyl (C=O) groups is 2. The van der Waals surface area contributed by atoms with Gasteiger partial charge in [0.25, 0.3) is 0 Å². The van der Waals surface area contributed by atoms with Crippen LogP contribution in [0.3, 0.4) is 0 Å². The minimum atomic E-state index is -0.712. The molecule has 0 bridgehead atoms. The molecule has 0 heterocycles. The molecule has 0 aliphatic carbocycles. The van der Waals surface area contributed by atoms with Crippen molar-refractivity contribution in [2.75, 3.05) is 5.32 Å². The fraction of sp³-hybridized carbons (Fsp3) is 0.529. The number of alkyl carbamates (subject to hydrolysis) is 1. The quantitative estimate of drug-likeness (QED) is 0.872. The summed E-state index contributed by atoms with van der Waals surface area (Å²) in [5.41, 5.74) is 0.0240. The van der Waals surface area contributed by atoms with E-state index < -0.39 is 17.7 Å². The molecule has 0 spiro atoms. The van der Waals surface area contributed by atoms with Gasteiger partial charge in [0.05, 0.1) is 6.10 Å². The molecule has 1 aromatic rings. The normalized spacial score (nSPS) is 12.5. The van der Waals surface area contributed by atoms with Gasteiger partial charge in [0.2, 0.25) is 5.91 Å². The van der Waals surface area contributed by atoms with E-state index in [0.717, 1.165) is 5.75 Å². The highest BCUT2D eigenvalue weighted by molar-refractivity contribution is 5.96. The Morgan fingerprint density at radius 3 is 2.09 bits per heavy atom. The van der Waals surface area contributed by atoms with Crippen molar-refractivity contribution in [2.24, 2.45) is 0 Å². The predicted molar refractivity (Wildman–Crippen MR) is 89.7 cm³/mol. The summed E-state index contributed by atoms with van der Waals surface area (Å²) in [7, 11) is 0. The Kier molecular flexibility index (Phi) is 6.42. The number of nitrogens with one attached hydrogen (secondary N) is 2. The molecule has 0 saturated heterocycles. The van der Waals surface area contributed by atoms with E-state index in [1.807, 2.05) is 13.8 Å². The van der Waals surface area contributed by atoms with Gasteiger partial charge in [-0.1, -0.05) is 0 Å². The first kappa shape index (κ1) is 18.8. The third-order valence-corrected chi connectivity index (χ3v) is 2.62. The number of ether oxygens (including phenoxy) is 2.